The number of rotatable bonds is 7. The smallest absolute Gasteiger partial charge is 0.341 e. The van der Waals surface area contributed by atoms with Crippen molar-refractivity contribution in [2.45, 2.75) is 30.7 Å². The number of aliphatic carboxylic acids is 1. The molecule has 1 aromatic rings. The maximum Gasteiger partial charge on any atom is 0.341 e. The second-order valence-corrected chi connectivity index (χ2v) is 7.25. The standard InChI is InChI=1S/C14H19NO5S/c1-10(11-3-4-11)15(2)21(18,19)13-7-5-12(6-8-13)20-9-14(16)17/h5-8,10-11H,3-4,9H2,1-2H3,(H,16,17). The molecule has 21 heavy (non-hydrogen) atoms. The van der Waals surface area contributed by atoms with Crippen LogP contribution >= 0.6 is 0 Å². The van der Waals surface area contributed by atoms with Crippen LogP contribution in [0, 0.1) is 5.92 Å². The van der Waals surface area contributed by atoms with Crippen molar-refractivity contribution in [1.29, 1.82) is 0 Å². The van der Waals surface area contributed by atoms with Crippen molar-refractivity contribution in [1.82, 2.24) is 4.31 Å². The second kappa shape index (κ2) is 6.03. The third kappa shape index (κ3) is 3.74. The molecule has 1 aliphatic rings. The van der Waals surface area contributed by atoms with Crippen LogP contribution < -0.4 is 4.74 Å². The molecule has 6 nitrogen and oxygen atoms in total. The van der Waals surface area contributed by atoms with E-state index in [9.17, 15) is 13.2 Å². The minimum Gasteiger partial charge on any atom is -0.482 e. The van der Waals surface area contributed by atoms with Gasteiger partial charge in [-0.05, 0) is 49.9 Å². The van der Waals surface area contributed by atoms with Crippen molar-refractivity contribution in [3.8, 4) is 5.75 Å². The first-order valence-electron chi connectivity index (χ1n) is 6.75. The van der Waals surface area contributed by atoms with Gasteiger partial charge < -0.3 is 9.84 Å². The summed E-state index contributed by atoms with van der Waals surface area (Å²) in [6.07, 6.45) is 2.14. The fraction of sp³-hybridized carbons (Fsp3) is 0.500. The molecule has 2 rings (SSSR count). The van der Waals surface area contributed by atoms with Gasteiger partial charge in [0.25, 0.3) is 0 Å². The van der Waals surface area contributed by atoms with Crippen LogP contribution in [0.5, 0.6) is 5.75 Å². The summed E-state index contributed by atoms with van der Waals surface area (Å²) in [4.78, 5) is 10.6. The van der Waals surface area contributed by atoms with Gasteiger partial charge in [0.05, 0.1) is 4.90 Å². The maximum absolute atomic E-state index is 12.5. The van der Waals surface area contributed by atoms with E-state index in [1.807, 2.05) is 6.92 Å². The second-order valence-electron chi connectivity index (χ2n) is 5.25. The fourth-order valence-electron chi connectivity index (χ4n) is 2.11. The lowest BCUT2D eigenvalue weighted by molar-refractivity contribution is -0.139. The molecular formula is C14H19NO5S. The number of carboxylic acid groups (broad SMARTS) is 1. The average molecular weight is 313 g/mol. The largest absolute Gasteiger partial charge is 0.482 e. The Hall–Kier alpha value is -1.60. The van der Waals surface area contributed by atoms with Gasteiger partial charge in [-0.2, -0.15) is 4.31 Å². The molecule has 1 N–H and O–H groups in total. The molecule has 0 spiro atoms. The van der Waals surface area contributed by atoms with E-state index in [0.717, 1.165) is 12.8 Å². The SMILES string of the molecule is CC(C1CC1)N(C)S(=O)(=O)c1ccc(OCC(=O)O)cc1. The lowest BCUT2D eigenvalue weighted by Gasteiger charge is -2.24. The number of benzene rings is 1. The lowest BCUT2D eigenvalue weighted by Crippen LogP contribution is -2.36. The molecule has 0 amide bonds. The summed E-state index contributed by atoms with van der Waals surface area (Å²) in [6.45, 7) is 1.46. The molecule has 1 saturated carbocycles. The number of carbonyl (C=O) groups is 1. The molecule has 1 aromatic carbocycles. The first-order valence-corrected chi connectivity index (χ1v) is 8.19. The van der Waals surface area contributed by atoms with Gasteiger partial charge in [0.1, 0.15) is 5.75 Å². The Morgan fingerprint density at radius 3 is 2.43 bits per heavy atom. The number of hydrogen-bond donors (Lipinski definition) is 1. The van der Waals surface area contributed by atoms with E-state index in [-0.39, 0.29) is 10.9 Å². The Bertz CT molecular complexity index is 607. The van der Waals surface area contributed by atoms with Crippen molar-refractivity contribution >= 4 is 16.0 Å². The highest BCUT2D eigenvalue weighted by molar-refractivity contribution is 7.89. The van der Waals surface area contributed by atoms with Gasteiger partial charge in [0.15, 0.2) is 6.61 Å². The highest BCUT2D eigenvalue weighted by atomic mass is 32.2. The predicted octanol–water partition coefficient (Wildman–Crippen LogP) is 1.57. The summed E-state index contributed by atoms with van der Waals surface area (Å²) >= 11 is 0. The summed E-state index contributed by atoms with van der Waals surface area (Å²) < 4.78 is 31.3. The number of carboxylic acids is 1. The van der Waals surface area contributed by atoms with Crippen molar-refractivity contribution in [2.75, 3.05) is 13.7 Å². The monoisotopic (exact) mass is 313 g/mol. The number of hydrogen-bond acceptors (Lipinski definition) is 4. The molecular weight excluding hydrogens is 294 g/mol. The van der Waals surface area contributed by atoms with Crippen LogP contribution in [-0.2, 0) is 14.8 Å². The topological polar surface area (TPSA) is 83.9 Å². The predicted molar refractivity (Wildman–Crippen MR) is 76.7 cm³/mol. The molecule has 7 heteroatoms. The summed E-state index contributed by atoms with van der Waals surface area (Å²) in [7, 11) is -1.94. The molecule has 0 bridgehead atoms. The Balaban J connectivity index is 2.10. The summed E-state index contributed by atoms with van der Waals surface area (Å²) in [5.74, 6) is -0.304. The molecule has 1 unspecified atom stereocenters. The molecule has 0 saturated heterocycles. The Morgan fingerprint density at radius 1 is 1.38 bits per heavy atom. The Morgan fingerprint density at radius 2 is 1.95 bits per heavy atom. The highest BCUT2D eigenvalue weighted by Gasteiger charge is 2.35. The number of sulfonamides is 1. The normalized spacial score (nSPS) is 16.7. The molecule has 0 aliphatic heterocycles. The molecule has 0 aromatic heterocycles. The van der Waals surface area contributed by atoms with Crippen LogP contribution in [0.1, 0.15) is 19.8 Å². The minimum absolute atomic E-state index is 0.0158. The van der Waals surface area contributed by atoms with Crippen LogP contribution in [0.3, 0.4) is 0 Å². The lowest BCUT2D eigenvalue weighted by atomic mass is 10.2. The van der Waals surface area contributed by atoms with Gasteiger partial charge in [0.2, 0.25) is 10.0 Å². The van der Waals surface area contributed by atoms with E-state index < -0.39 is 22.6 Å². The van der Waals surface area contributed by atoms with Gasteiger partial charge in [-0.3, -0.25) is 0 Å². The number of nitrogens with zero attached hydrogens (tertiary/aromatic N) is 1. The van der Waals surface area contributed by atoms with E-state index in [1.165, 1.54) is 28.6 Å². The first-order chi connectivity index (χ1) is 9.82. The minimum atomic E-state index is -3.53. The maximum atomic E-state index is 12.5. The fourth-order valence-corrected chi connectivity index (χ4v) is 3.54. The Kier molecular flexibility index (Phi) is 4.53. The molecule has 1 fully saturated rings. The zero-order valence-electron chi connectivity index (χ0n) is 12.0. The third-order valence-corrected chi connectivity index (χ3v) is 5.70. The van der Waals surface area contributed by atoms with E-state index in [1.54, 1.807) is 7.05 Å². The van der Waals surface area contributed by atoms with Crippen LogP contribution in [0.2, 0.25) is 0 Å². The molecule has 116 valence electrons. The van der Waals surface area contributed by atoms with Crippen molar-refractivity contribution in [2.24, 2.45) is 5.92 Å². The van der Waals surface area contributed by atoms with E-state index in [2.05, 4.69) is 0 Å². The molecule has 1 atom stereocenters. The summed E-state index contributed by atoms with van der Waals surface area (Å²) in [6, 6.07) is 5.78. The summed E-state index contributed by atoms with van der Waals surface area (Å²) in [5, 5.41) is 8.52. The third-order valence-electron chi connectivity index (χ3n) is 3.74. The first kappa shape index (κ1) is 15.8. The molecule has 0 radical (unpaired) electrons. The molecule has 1 aliphatic carbocycles. The van der Waals surface area contributed by atoms with Crippen LogP contribution in [-0.4, -0.2) is 43.5 Å². The van der Waals surface area contributed by atoms with Gasteiger partial charge in [-0.25, -0.2) is 13.2 Å². The van der Waals surface area contributed by atoms with Gasteiger partial charge >= 0.3 is 5.97 Å². The summed E-state index contributed by atoms with van der Waals surface area (Å²) in [5.41, 5.74) is 0. The van der Waals surface area contributed by atoms with Crippen molar-refractivity contribution in [3.05, 3.63) is 24.3 Å². The quantitative estimate of drug-likeness (QED) is 0.826. The highest BCUT2D eigenvalue weighted by Crippen LogP contribution is 2.36. The Labute approximate surface area is 124 Å². The van der Waals surface area contributed by atoms with E-state index in [4.69, 9.17) is 9.84 Å². The van der Waals surface area contributed by atoms with Crippen LogP contribution in [0.4, 0.5) is 0 Å². The van der Waals surface area contributed by atoms with Gasteiger partial charge in [-0.15, -0.1) is 0 Å². The van der Waals surface area contributed by atoms with E-state index >= 15 is 0 Å². The van der Waals surface area contributed by atoms with Crippen LogP contribution in [0.15, 0.2) is 29.2 Å². The van der Waals surface area contributed by atoms with Crippen LogP contribution in [0.25, 0.3) is 0 Å². The number of ether oxygens (including phenoxy) is 1. The molecule has 0 heterocycles. The van der Waals surface area contributed by atoms with Crippen molar-refractivity contribution < 1.29 is 23.1 Å². The average Bonchev–Trinajstić information content (AvgIpc) is 3.28. The van der Waals surface area contributed by atoms with Gasteiger partial charge in [0, 0.05) is 13.1 Å². The zero-order chi connectivity index (χ0) is 15.6. The van der Waals surface area contributed by atoms with E-state index in [0.29, 0.717) is 11.7 Å². The van der Waals surface area contributed by atoms with Gasteiger partial charge in [-0.1, -0.05) is 0 Å². The van der Waals surface area contributed by atoms with Crippen molar-refractivity contribution in [3.63, 3.8) is 0 Å². The zero-order valence-corrected chi connectivity index (χ0v) is 12.8.